The van der Waals surface area contributed by atoms with Crippen LogP contribution in [0, 0.1) is 6.92 Å². The summed E-state index contributed by atoms with van der Waals surface area (Å²) in [7, 11) is 0. The van der Waals surface area contributed by atoms with E-state index in [9.17, 15) is 4.79 Å². The van der Waals surface area contributed by atoms with Gasteiger partial charge in [0.25, 0.3) is 6.01 Å². The molecule has 3 aromatic rings. The largest absolute Gasteiger partial charge is 0.486 e. The van der Waals surface area contributed by atoms with Gasteiger partial charge in [0.2, 0.25) is 0 Å². The molecule has 3 heterocycles. The molecule has 0 aliphatic carbocycles. The van der Waals surface area contributed by atoms with Crippen LogP contribution in [0.4, 0.5) is 6.01 Å². The highest BCUT2D eigenvalue weighted by atomic mass is 35.5. The number of carbonyl (C=O) groups is 1. The zero-order valence-electron chi connectivity index (χ0n) is 15.3. The molecule has 1 aromatic heterocycles. The first-order chi connectivity index (χ1) is 13.4. The predicted octanol–water partition coefficient (Wildman–Crippen LogP) is 5.45. The number of benzene rings is 2. The van der Waals surface area contributed by atoms with Crippen molar-refractivity contribution in [3.63, 3.8) is 0 Å². The summed E-state index contributed by atoms with van der Waals surface area (Å²) in [5, 5.41) is 1.20. The minimum Gasteiger partial charge on any atom is -0.486 e. The van der Waals surface area contributed by atoms with Crippen molar-refractivity contribution in [3.8, 4) is 5.75 Å². The molecular weight excluding hydrogens is 399 g/mol. The van der Waals surface area contributed by atoms with Crippen molar-refractivity contribution in [1.82, 2.24) is 4.98 Å². The maximum absolute atomic E-state index is 12.8. The zero-order chi connectivity index (χ0) is 19.5. The van der Waals surface area contributed by atoms with Crippen molar-refractivity contribution >= 4 is 46.1 Å². The fourth-order valence-electron chi connectivity index (χ4n) is 4.12. The Morgan fingerprint density at radius 3 is 2.68 bits per heavy atom. The SMILES string of the molecule is Cc1cc(Cl)cc2c1OC1(CCN(c3nc4cc(Cl)ccc4o3)CC1)CC2=O. The number of halogens is 2. The highest BCUT2D eigenvalue weighted by Gasteiger charge is 2.44. The topological polar surface area (TPSA) is 55.6 Å². The molecule has 5 nitrogen and oxygen atoms in total. The van der Waals surface area contributed by atoms with Crippen LogP contribution in [0.1, 0.15) is 35.2 Å². The zero-order valence-corrected chi connectivity index (χ0v) is 16.8. The van der Waals surface area contributed by atoms with Crippen molar-refractivity contribution in [1.29, 1.82) is 0 Å². The van der Waals surface area contributed by atoms with Crippen LogP contribution in [0.5, 0.6) is 5.75 Å². The summed E-state index contributed by atoms with van der Waals surface area (Å²) in [6.45, 7) is 3.33. The number of nitrogens with zero attached hydrogens (tertiary/aromatic N) is 2. The molecule has 0 amide bonds. The van der Waals surface area contributed by atoms with Crippen molar-refractivity contribution in [2.24, 2.45) is 0 Å². The number of hydrogen-bond donors (Lipinski definition) is 0. The number of Topliss-reactive ketones (excluding diaryl/α,β-unsaturated/α-hetero) is 1. The van der Waals surface area contributed by atoms with Gasteiger partial charge in [0.05, 0.1) is 12.0 Å². The molecule has 0 radical (unpaired) electrons. The van der Waals surface area contributed by atoms with Crippen LogP contribution in [-0.4, -0.2) is 29.5 Å². The normalized spacial score (nSPS) is 18.4. The minimum atomic E-state index is -0.478. The Bertz CT molecular complexity index is 1100. The van der Waals surface area contributed by atoms with Crippen LogP contribution in [-0.2, 0) is 0 Å². The lowest BCUT2D eigenvalue weighted by Gasteiger charge is -2.44. The summed E-state index contributed by atoms with van der Waals surface area (Å²) < 4.78 is 12.3. The van der Waals surface area contributed by atoms with Gasteiger partial charge in [-0.25, -0.2) is 0 Å². The Morgan fingerprint density at radius 1 is 1.11 bits per heavy atom. The number of carbonyl (C=O) groups excluding carboxylic acids is 1. The molecule has 2 aliphatic rings. The van der Waals surface area contributed by atoms with E-state index in [-0.39, 0.29) is 5.78 Å². The molecule has 0 N–H and O–H groups in total. The molecule has 2 aromatic carbocycles. The molecule has 1 spiro atoms. The van der Waals surface area contributed by atoms with E-state index in [0.29, 0.717) is 52.5 Å². The molecule has 0 unspecified atom stereocenters. The van der Waals surface area contributed by atoms with E-state index in [1.165, 1.54) is 0 Å². The van der Waals surface area contributed by atoms with E-state index >= 15 is 0 Å². The van der Waals surface area contributed by atoms with Crippen LogP contribution < -0.4 is 9.64 Å². The third-order valence-corrected chi connectivity index (χ3v) is 6.08. The number of oxazole rings is 1. The average Bonchev–Trinajstić information content (AvgIpc) is 3.06. The first kappa shape index (κ1) is 17.8. The maximum atomic E-state index is 12.8. The summed E-state index contributed by atoms with van der Waals surface area (Å²) in [5.41, 5.74) is 2.47. The van der Waals surface area contributed by atoms with Gasteiger partial charge in [-0.2, -0.15) is 4.98 Å². The number of ether oxygens (including phenoxy) is 1. The number of aromatic nitrogens is 1. The first-order valence-electron chi connectivity index (χ1n) is 9.26. The second-order valence-corrected chi connectivity index (χ2v) is 8.45. The lowest BCUT2D eigenvalue weighted by molar-refractivity contribution is 0.0221. The predicted molar refractivity (Wildman–Crippen MR) is 109 cm³/mol. The standard InChI is InChI=1S/C21H18Cl2N2O3/c1-12-8-14(23)9-15-17(26)11-21(28-19(12)15)4-6-25(7-5-21)20-24-16-10-13(22)2-3-18(16)27-20/h2-3,8-10H,4-7,11H2,1H3. The Kier molecular flexibility index (Phi) is 4.07. The second kappa shape index (κ2) is 6.39. The third kappa shape index (κ3) is 2.93. The number of fused-ring (bicyclic) bond motifs is 2. The number of hydrogen-bond acceptors (Lipinski definition) is 5. The van der Waals surface area contributed by atoms with Crippen molar-refractivity contribution < 1.29 is 13.9 Å². The second-order valence-electron chi connectivity index (χ2n) is 7.58. The van der Waals surface area contributed by atoms with Gasteiger partial charge in [-0.3, -0.25) is 4.79 Å². The molecule has 5 rings (SSSR count). The smallest absolute Gasteiger partial charge is 0.298 e. The summed E-state index contributed by atoms with van der Waals surface area (Å²) in [5.74, 6) is 0.766. The molecule has 144 valence electrons. The van der Waals surface area contributed by atoms with Crippen LogP contribution in [0.2, 0.25) is 10.0 Å². The molecule has 0 atom stereocenters. The number of anilines is 1. The van der Waals surface area contributed by atoms with Crippen molar-refractivity contribution in [2.75, 3.05) is 18.0 Å². The molecule has 28 heavy (non-hydrogen) atoms. The summed E-state index contributed by atoms with van der Waals surface area (Å²) in [6.07, 6.45) is 1.82. The van der Waals surface area contributed by atoms with Gasteiger partial charge in [-0.1, -0.05) is 23.2 Å². The van der Waals surface area contributed by atoms with E-state index in [0.717, 1.165) is 23.9 Å². The highest BCUT2D eigenvalue weighted by Crippen LogP contribution is 2.42. The van der Waals surface area contributed by atoms with Gasteiger partial charge in [0.15, 0.2) is 11.4 Å². The van der Waals surface area contributed by atoms with Crippen LogP contribution in [0.15, 0.2) is 34.7 Å². The van der Waals surface area contributed by atoms with Gasteiger partial charge in [0.1, 0.15) is 16.9 Å². The number of aryl methyl sites for hydroxylation is 1. The maximum Gasteiger partial charge on any atom is 0.298 e. The van der Waals surface area contributed by atoms with E-state index in [1.807, 2.05) is 19.1 Å². The van der Waals surface area contributed by atoms with E-state index < -0.39 is 5.60 Å². The van der Waals surface area contributed by atoms with Gasteiger partial charge in [-0.05, 0) is 42.8 Å². The van der Waals surface area contributed by atoms with Gasteiger partial charge >= 0.3 is 0 Å². The molecule has 7 heteroatoms. The third-order valence-electron chi connectivity index (χ3n) is 5.62. The molecule has 0 saturated carbocycles. The number of piperidine rings is 1. The van der Waals surface area contributed by atoms with E-state index in [1.54, 1.807) is 18.2 Å². The van der Waals surface area contributed by atoms with Crippen LogP contribution in [0.3, 0.4) is 0 Å². The number of rotatable bonds is 1. The lowest BCUT2D eigenvalue weighted by Crippen LogP contribution is -2.51. The van der Waals surface area contributed by atoms with Crippen molar-refractivity contribution in [3.05, 3.63) is 51.5 Å². The minimum absolute atomic E-state index is 0.0943. The van der Waals surface area contributed by atoms with E-state index in [2.05, 4.69) is 9.88 Å². The molecule has 2 aliphatic heterocycles. The Morgan fingerprint density at radius 2 is 1.89 bits per heavy atom. The fourth-order valence-corrected chi connectivity index (χ4v) is 4.56. The monoisotopic (exact) mass is 416 g/mol. The summed E-state index contributed by atoms with van der Waals surface area (Å²) in [4.78, 5) is 19.4. The average molecular weight is 417 g/mol. The van der Waals surface area contributed by atoms with Crippen molar-refractivity contribution in [2.45, 2.75) is 31.8 Å². The van der Waals surface area contributed by atoms with Gasteiger partial charge in [0, 0.05) is 36.0 Å². The number of ketones is 1. The highest BCUT2D eigenvalue weighted by molar-refractivity contribution is 6.31. The van der Waals surface area contributed by atoms with E-state index in [4.69, 9.17) is 32.4 Å². The Labute approximate surface area is 172 Å². The molecule has 1 fully saturated rings. The quantitative estimate of drug-likeness (QED) is 0.527. The summed E-state index contributed by atoms with van der Waals surface area (Å²) >= 11 is 12.2. The molecule has 0 bridgehead atoms. The van der Waals surface area contributed by atoms with Gasteiger partial charge < -0.3 is 14.1 Å². The lowest BCUT2D eigenvalue weighted by atomic mass is 9.82. The Hall–Kier alpha value is -2.24. The first-order valence-corrected chi connectivity index (χ1v) is 10.0. The fraction of sp³-hybridized carbons (Fsp3) is 0.333. The summed E-state index contributed by atoms with van der Waals surface area (Å²) in [6, 6.07) is 9.54. The van der Waals surface area contributed by atoms with Crippen LogP contribution >= 0.6 is 23.2 Å². The van der Waals surface area contributed by atoms with Crippen LogP contribution in [0.25, 0.3) is 11.1 Å². The molecule has 1 saturated heterocycles. The Balaban J connectivity index is 1.38. The molecular formula is C21H18Cl2N2O3. The van der Waals surface area contributed by atoms with Gasteiger partial charge in [-0.15, -0.1) is 0 Å².